The SMILES string of the molecule is CC(NS(=O)(=O)c1cccc(OC(F)(F)F)c1)c1ccc(OCc2cccnc2)cc1. The largest absolute Gasteiger partial charge is 0.573 e. The summed E-state index contributed by atoms with van der Waals surface area (Å²) in [5.74, 6) is -0.0159. The molecule has 3 aromatic rings. The van der Waals surface area contributed by atoms with E-state index >= 15 is 0 Å². The Bertz CT molecular complexity index is 1110. The van der Waals surface area contributed by atoms with Crippen molar-refractivity contribution in [2.24, 2.45) is 0 Å². The lowest BCUT2D eigenvalue weighted by molar-refractivity contribution is -0.274. The van der Waals surface area contributed by atoms with Gasteiger partial charge in [0.2, 0.25) is 10.0 Å². The van der Waals surface area contributed by atoms with Crippen LogP contribution in [0.5, 0.6) is 11.5 Å². The van der Waals surface area contributed by atoms with E-state index in [1.165, 1.54) is 12.1 Å². The number of nitrogens with zero attached hydrogens (tertiary/aromatic N) is 1. The zero-order valence-corrected chi connectivity index (χ0v) is 17.2. The van der Waals surface area contributed by atoms with E-state index in [0.717, 1.165) is 17.7 Å². The monoisotopic (exact) mass is 452 g/mol. The fourth-order valence-corrected chi connectivity index (χ4v) is 3.98. The first-order chi connectivity index (χ1) is 14.6. The van der Waals surface area contributed by atoms with Crippen LogP contribution < -0.4 is 14.2 Å². The third-order valence-corrected chi connectivity index (χ3v) is 5.73. The molecule has 31 heavy (non-hydrogen) atoms. The topological polar surface area (TPSA) is 77.5 Å². The van der Waals surface area contributed by atoms with Gasteiger partial charge < -0.3 is 9.47 Å². The van der Waals surface area contributed by atoms with Gasteiger partial charge in [-0.15, -0.1) is 13.2 Å². The minimum Gasteiger partial charge on any atom is -0.489 e. The van der Waals surface area contributed by atoms with Crippen LogP contribution in [0.25, 0.3) is 0 Å². The van der Waals surface area contributed by atoms with Crippen LogP contribution in [0.4, 0.5) is 13.2 Å². The third-order valence-electron chi connectivity index (χ3n) is 4.19. The molecule has 0 amide bonds. The molecule has 0 aliphatic heterocycles. The van der Waals surface area contributed by atoms with E-state index in [4.69, 9.17) is 4.74 Å². The summed E-state index contributed by atoms with van der Waals surface area (Å²) in [6, 6.07) is 14.1. The summed E-state index contributed by atoms with van der Waals surface area (Å²) in [7, 11) is -4.08. The highest BCUT2D eigenvalue weighted by Crippen LogP contribution is 2.26. The Kier molecular flexibility index (Phi) is 6.81. The zero-order valence-electron chi connectivity index (χ0n) is 16.3. The Morgan fingerprint density at radius 1 is 1.03 bits per heavy atom. The van der Waals surface area contributed by atoms with Gasteiger partial charge in [0.25, 0.3) is 0 Å². The molecule has 1 N–H and O–H groups in total. The fourth-order valence-electron chi connectivity index (χ4n) is 2.71. The van der Waals surface area contributed by atoms with Crippen molar-refractivity contribution >= 4 is 10.0 Å². The minimum absolute atomic E-state index is 0.336. The number of rotatable bonds is 8. The van der Waals surface area contributed by atoms with Crippen molar-refractivity contribution in [2.45, 2.75) is 30.8 Å². The second-order valence-electron chi connectivity index (χ2n) is 6.58. The summed E-state index contributed by atoms with van der Waals surface area (Å²) in [4.78, 5) is 3.67. The van der Waals surface area contributed by atoms with Crippen LogP contribution in [0.1, 0.15) is 24.1 Å². The zero-order chi connectivity index (χ0) is 22.5. The minimum atomic E-state index is -4.91. The Balaban J connectivity index is 1.65. The molecule has 0 bridgehead atoms. The summed E-state index contributed by atoms with van der Waals surface area (Å²) in [6.07, 6.45) is -1.55. The standard InChI is InChI=1S/C21H19F3N2O4S/c1-15(17-7-9-18(10-8-17)29-14-16-4-3-11-25-13-16)26-31(27,28)20-6-2-5-19(12-20)30-21(22,23)24/h2-13,15,26H,14H2,1H3. The van der Waals surface area contributed by atoms with Gasteiger partial charge in [-0.2, -0.15) is 0 Å². The highest BCUT2D eigenvalue weighted by atomic mass is 32.2. The molecule has 0 aliphatic carbocycles. The predicted octanol–water partition coefficient (Wildman–Crippen LogP) is 4.60. The average Bonchev–Trinajstić information content (AvgIpc) is 2.72. The predicted molar refractivity (Wildman–Crippen MR) is 107 cm³/mol. The van der Waals surface area contributed by atoms with Crippen molar-refractivity contribution in [1.29, 1.82) is 0 Å². The van der Waals surface area contributed by atoms with Gasteiger partial charge >= 0.3 is 6.36 Å². The first kappa shape index (κ1) is 22.6. The number of hydrogen-bond acceptors (Lipinski definition) is 5. The number of aromatic nitrogens is 1. The lowest BCUT2D eigenvalue weighted by Gasteiger charge is -2.16. The van der Waals surface area contributed by atoms with Gasteiger partial charge in [-0.25, -0.2) is 13.1 Å². The van der Waals surface area contributed by atoms with Crippen molar-refractivity contribution in [2.75, 3.05) is 0 Å². The molecule has 3 rings (SSSR count). The summed E-state index contributed by atoms with van der Waals surface area (Å²) >= 11 is 0. The van der Waals surface area contributed by atoms with Crippen molar-refractivity contribution in [3.8, 4) is 11.5 Å². The van der Waals surface area contributed by atoms with E-state index < -0.39 is 28.2 Å². The van der Waals surface area contributed by atoms with Crippen LogP contribution in [0.3, 0.4) is 0 Å². The second kappa shape index (κ2) is 9.36. The molecule has 1 aromatic heterocycles. The Morgan fingerprint density at radius 3 is 2.42 bits per heavy atom. The molecule has 0 saturated heterocycles. The summed E-state index contributed by atoms with van der Waals surface area (Å²) < 4.78 is 74.2. The van der Waals surface area contributed by atoms with Crippen LogP contribution in [-0.2, 0) is 16.6 Å². The molecule has 6 nitrogen and oxygen atoms in total. The van der Waals surface area contributed by atoms with E-state index in [1.807, 2.05) is 6.07 Å². The lowest BCUT2D eigenvalue weighted by Crippen LogP contribution is -2.27. The maximum absolute atomic E-state index is 12.6. The highest BCUT2D eigenvalue weighted by molar-refractivity contribution is 7.89. The van der Waals surface area contributed by atoms with Gasteiger partial charge in [0, 0.05) is 30.1 Å². The number of halogens is 3. The van der Waals surface area contributed by atoms with Crippen LogP contribution in [0.15, 0.2) is 78.0 Å². The van der Waals surface area contributed by atoms with Gasteiger partial charge in [-0.05, 0) is 42.8 Å². The molecule has 0 radical (unpaired) electrons. The number of nitrogens with one attached hydrogen (secondary N) is 1. The second-order valence-corrected chi connectivity index (χ2v) is 8.30. The molecule has 0 spiro atoms. The van der Waals surface area contributed by atoms with Gasteiger partial charge in [0.1, 0.15) is 18.1 Å². The molecule has 1 heterocycles. The summed E-state index contributed by atoms with van der Waals surface area (Å²) in [5, 5.41) is 0. The highest BCUT2D eigenvalue weighted by Gasteiger charge is 2.31. The molecule has 164 valence electrons. The van der Waals surface area contributed by atoms with Crippen molar-refractivity contribution in [3.05, 3.63) is 84.2 Å². The maximum Gasteiger partial charge on any atom is 0.573 e. The molecule has 1 unspecified atom stereocenters. The van der Waals surface area contributed by atoms with E-state index in [2.05, 4.69) is 14.4 Å². The van der Waals surface area contributed by atoms with E-state index in [1.54, 1.807) is 49.6 Å². The molecule has 0 saturated carbocycles. The lowest BCUT2D eigenvalue weighted by atomic mass is 10.1. The fraction of sp³-hybridized carbons (Fsp3) is 0.190. The first-order valence-electron chi connectivity index (χ1n) is 9.12. The molecular weight excluding hydrogens is 433 g/mol. The average molecular weight is 452 g/mol. The Morgan fingerprint density at radius 2 is 1.77 bits per heavy atom. The maximum atomic E-state index is 12.6. The van der Waals surface area contributed by atoms with E-state index in [-0.39, 0.29) is 4.90 Å². The molecule has 0 fully saturated rings. The normalized spacial score (nSPS) is 12.9. The van der Waals surface area contributed by atoms with Gasteiger partial charge in [0.15, 0.2) is 0 Å². The van der Waals surface area contributed by atoms with Crippen LogP contribution in [0, 0.1) is 0 Å². The third kappa shape index (κ3) is 6.69. The summed E-state index contributed by atoms with van der Waals surface area (Å²) in [5.41, 5.74) is 1.56. The smallest absolute Gasteiger partial charge is 0.489 e. The number of hydrogen-bond donors (Lipinski definition) is 1. The number of ether oxygens (including phenoxy) is 2. The van der Waals surface area contributed by atoms with Crippen molar-refractivity contribution in [1.82, 2.24) is 9.71 Å². The van der Waals surface area contributed by atoms with Gasteiger partial charge in [-0.1, -0.05) is 24.3 Å². The molecule has 1 atom stereocenters. The van der Waals surface area contributed by atoms with Crippen molar-refractivity contribution < 1.29 is 31.1 Å². The van der Waals surface area contributed by atoms with Gasteiger partial charge in [0.05, 0.1) is 4.90 Å². The number of pyridine rings is 1. The van der Waals surface area contributed by atoms with E-state index in [0.29, 0.717) is 17.9 Å². The summed E-state index contributed by atoms with van der Waals surface area (Å²) in [6.45, 7) is 1.96. The first-order valence-corrected chi connectivity index (χ1v) is 10.6. The number of sulfonamides is 1. The quantitative estimate of drug-likeness (QED) is 0.541. The van der Waals surface area contributed by atoms with Crippen LogP contribution in [0.2, 0.25) is 0 Å². The molecule has 2 aromatic carbocycles. The van der Waals surface area contributed by atoms with Gasteiger partial charge in [-0.3, -0.25) is 4.98 Å². The van der Waals surface area contributed by atoms with Crippen LogP contribution in [-0.4, -0.2) is 19.8 Å². The number of alkyl halides is 3. The molecule has 10 heteroatoms. The van der Waals surface area contributed by atoms with Crippen LogP contribution >= 0.6 is 0 Å². The number of benzene rings is 2. The molecular formula is C21H19F3N2O4S. The van der Waals surface area contributed by atoms with Crippen molar-refractivity contribution in [3.63, 3.8) is 0 Å². The van der Waals surface area contributed by atoms with E-state index in [9.17, 15) is 21.6 Å². The molecule has 0 aliphatic rings. The Labute approximate surface area is 177 Å². The Hall–Kier alpha value is -3.11.